The second kappa shape index (κ2) is 7.77. The van der Waals surface area contributed by atoms with Gasteiger partial charge in [-0.2, -0.15) is 0 Å². The Balaban J connectivity index is 1.58. The van der Waals surface area contributed by atoms with Crippen LogP contribution in [0.5, 0.6) is 0 Å². The molecule has 1 aliphatic carbocycles. The van der Waals surface area contributed by atoms with Gasteiger partial charge >= 0.3 is 0 Å². The number of thiophene rings is 1. The van der Waals surface area contributed by atoms with Crippen molar-refractivity contribution in [2.24, 2.45) is 5.92 Å². The third-order valence-corrected chi connectivity index (χ3v) is 7.84. The smallest absolute Gasteiger partial charge is 0.211 e. The summed E-state index contributed by atoms with van der Waals surface area (Å²) in [5.41, 5.74) is 5.79. The highest BCUT2D eigenvalue weighted by Gasteiger charge is 2.30. The first-order valence-electron chi connectivity index (χ1n) is 11.1. The molecule has 5 heteroatoms. The molecule has 3 aromatic rings. The molecule has 0 N–H and O–H groups in total. The zero-order valence-corrected chi connectivity index (χ0v) is 18.3. The molecule has 0 radical (unpaired) electrons. The van der Waals surface area contributed by atoms with Crippen molar-refractivity contribution in [3.05, 3.63) is 45.7 Å². The summed E-state index contributed by atoms with van der Waals surface area (Å²) in [7, 11) is 0. The Labute approximate surface area is 176 Å². The van der Waals surface area contributed by atoms with Crippen LogP contribution in [0.2, 0.25) is 0 Å². The lowest BCUT2D eigenvalue weighted by Crippen LogP contribution is -2.22. The summed E-state index contributed by atoms with van der Waals surface area (Å²) in [4.78, 5) is 15.1. The number of fused-ring (bicyclic) bond motifs is 2. The van der Waals surface area contributed by atoms with Crippen molar-refractivity contribution in [1.82, 2.24) is 9.13 Å². The number of nitrogens with zero attached hydrogens (tertiary/aromatic N) is 2. The van der Waals surface area contributed by atoms with Crippen LogP contribution in [-0.4, -0.2) is 28.1 Å². The van der Waals surface area contributed by atoms with Gasteiger partial charge in [-0.25, -0.2) is 0 Å². The van der Waals surface area contributed by atoms with Gasteiger partial charge in [0, 0.05) is 48.6 Å². The number of carbonyl (C=O) groups excluding carboxylic acids is 1. The van der Waals surface area contributed by atoms with Crippen LogP contribution in [0.25, 0.3) is 10.2 Å². The molecule has 5 rings (SSSR count). The SMILES string of the molecule is CCn1c(C(=O)c2c3c(n(CC4CCOCC4)c2C)CCCC3)cc2ccsc21. The molecule has 3 aromatic heterocycles. The van der Waals surface area contributed by atoms with E-state index in [9.17, 15) is 4.79 Å². The number of ether oxygens (including phenoxy) is 1. The minimum atomic E-state index is 0.219. The van der Waals surface area contributed by atoms with Crippen LogP contribution >= 0.6 is 11.3 Å². The topological polar surface area (TPSA) is 36.2 Å². The lowest BCUT2D eigenvalue weighted by Gasteiger charge is -2.25. The Kier molecular flexibility index (Phi) is 5.12. The van der Waals surface area contributed by atoms with Crippen molar-refractivity contribution >= 4 is 27.3 Å². The van der Waals surface area contributed by atoms with Gasteiger partial charge in [0.15, 0.2) is 0 Å². The Morgan fingerprint density at radius 1 is 1.21 bits per heavy atom. The number of aryl methyl sites for hydroxylation is 1. The largest absolute Gasteiger partial charge is 0.381 e. The van der Waals surface area contributed by atoms with E-state index in [1.807, 2.05) is 0 Å². The molecule has 1 fully saturated rings. The molecule has 0 aromatic carbocycles. The molecule has 1 aliphatic heterocycles. The van der Waals surface area contributed by atoms with Crippen molar-refractivity contribution in [2.75, 3.05) is 13.2 Å². The number of ketones is 1. The average Bonchev–Trinajstić information content (AvgIpc) is 3.41. The van der Waals surface area contributed by atoms with Gasteiger partial charge in [0.2, 0.25) is 5.78 Å². The van der Waals surface area contributed by atoms with Crippen molar-refractivity contribution in [3.63, 3.8) is 0 Å². The van der Waals surface area contributed by atoms with Gasteiger partial charge in [-0.05, 0) is 81.4 Å². The van der Waals surface area contributed by atoms with Gasteiger partial charge in [0.1, 0.15) is 4.83 Å². The maximum atomic E-state index is 13.8. The second-order valence-electron chi connectivity index (χ2n) is 8.54. The lowest BCUT2D eigenvalue weighted by atomic mass is 9.92. The second-order valence-corrected chi connectivity index (χ2v) is 9.44. The normalized spacial score (nSPS) is 17.7. The van der Waals surface area contributed by atoms with E-state index in [1.165, 1.54) is 40.0 Å². The number of hydrogen-bond donors (Lipinski definition) is 0. The molecule has 0 bridgehead atoms. The van der Waals surface area contributed by atoms with Crippen LogP contribution in [-0.2, 0) is 30.7 Å². The molecule has 2 aliphatic rings. The highest BCUT2D eigenvalue weighted by molar-refractivity contribution is 7.16. The molecule has 154 valence electrons. The third-order valence-electron chi connectivity index (χ3n) is 6.89. The highest BCUT2D eigenvalue weighted by atomic mass is 32.1. The Morgan fingerprint density at radius 2 is 2.00 bits per heavy atom. The fraction of sp³-hybridized carbons (Fsp3) is 0.542. The third kappa shape index (κ3) is 3.19. The van der Waals surface area contributed by atoms with E-state index in [-0.39, 0.29) is 5.78 Å². The molecule has 0 atom stereocenters. The molecular weight excluding hydrogens is 380 g/mol. The van der Waals surface area contributed by atoms with E-state index in [2.05, 4.69) is 40.5 Å². The minimum absolute atomic E-state index is 0.219. The fourth-order valence-corrected chi connectivity index (χ4v) is 6.31. The number of rotatable bonds is 5. The van der Waals surface area contributed by atoms with Crippen LogP contribution in [0.3, 0.4) is 0 Å². The van der Waals surface area contributed by atoms with Crippen molar-refractivity contribution in [2.45, 2.75) is 65.5 Å². The maximum absolute atomic E-state index is 13.8. The summed E-state index contributed by atoms with van der Waals surface area (Å²) < 4.78 is 10.3. The minimum Gasteiger partial charge on any atom is -0.381 e. The van der Waals surface area contributed by atoms with Crippen LogP contribution in [0, 0.1) is 12.8 Å². The lowest BCUT2D eigenvalue weighted by molar-refractivity contribution is 0.0608. The van der Waals surface area contributed by atoms with Crippen molar-refractivity contribution in [1.29, 1.82) is 0 Å². The molecule has 1 saturated heterocycles. The molecule has 0 spiro atoms. The van der Waals surface area contributed by atoms with Gasteiger partial charge < -0.3 is 13.9 Å². The van der Waals surface area contributed by atoms with Crippen molar-refractivity contribution in [3.8, 4) is 0 Å². The summed E-state index contributed by atoms with van der Waals surface area (Å²) in [6.07, 6.45) is 6.84. The van der Waals surface area contributed by atoms with Gasteiger partial charge in [-0.15, -0.1) is 11.3 Å². The first kappa shape index (κ1) is 19.1. The first-order chi connectivity index (χ1) is 14.2. The van der Waals surface area contributed by atoms with E-state index >= 15 is 0 Å². The fourth-order valence-electron chi connectivity index (χ4n) is 5.35. The van der Waals surface area contributed by atoms with Crippen LogP contribution in [0.1, 0.15) is 65.6 Å². The predicted octanol–water partition coefficient (Wildman–Crippen LogP) is 5.37. The molecule has 29 heavy (non-hydrogen) atoms. The van der Waals surface area contributed by atoms with E-state index < -0.39 is 0 Å². The van der Waals surface area contributed by atoms with Crippen LogP contribution < -0.4 is 0 Å². The van der Waals surface area contributed by atoms with Gasteiger partial charge in [-0.1, -0.05) is 0 Å². The number of hydrogen-bond acceptors (Lipinski definition) is 3. The van der Waals surface area contributed by atoms with Gasteiger partial charge in [0.25, 0.3) is 0 Å². The molecule has 0 amide bonds. The van der Waals surface area contributed by atoms with E-state index in [0.29, 0.717) is 5.92 Å². The van der Waals surface area contributed by atoms with E-state index in [0.717, 1.165) is 63.2 Å². The number of carbonyl (C=O) groups is 1. The standard InChI is InChI=1S/C24H30N2O2S/c1-3-25-21(14-18-10-13-29-24(18)25)23(27)22-16(2)26(15-17-8-11-28-12-9-17)20-7-5-4-6-19(20)22/h10,13-14,17H,3-9,11-12,15H2,1-2H3. The molecule has 4 heterocycles. The van der Waals surface area contributed by atoms with Crippen molar-refractivity contribution < 1.29 is 9.53 Å². The number of aromatic nitrogens is 2. The van der Waals surface area contributed by atoms with E-state index in [1.54, 1.807) is 11.3 Å². The summed E-state index contributed by atoms with van der Waals surface area (Å²) in [6, 6.07) is 4.23. The zero-order valence-electron chi connectivity index (χ0n) is 17.5. The zero-order chi connectivity index (χ0) is 20.0. The Bertz CT molecular complexity index is 1050. The monoisotopic (exact) mass is 410 g/mol. The average molecular weight is 411 g/mol. The predicted molar refractivity (Wildman–Crippen MR) is 118 cm³/mol. The molecule has 4 nitrogen and oxygen atoms in total. The Morgan fingerprint density at radius 3 is 2.79 bits per heavy atom. The van der Waals surface area contributed by atoms with Crippen LogP contribution in [0.4, 0.5) is 0 Å². The first-order valence-corrected chi connectivity index (χ1v) is 12.0. The summed E-state index contributed by atoms with van der Waals surface area (Å²) in [6.45, 7) is 7.92. The molecule has 0 unspecified atom stereocenters. The van der Waals surface area contributed by atoms with Crippen LogP contribution in [0.15, 0.2) is 17.5 Å². The summed E-state index contributed by atoms with van der Waals surface area (Å²) in [5, 5.41) is 3.30. The van der Waals surface area contributed by atoms with E-state index in [4.69, 9.17) is 4.74 Å². The Hall–Kier alpha value is -1.85. The summed E-state index contributed by atoms with van der Waals surface area (Å²) in [5.74, 6) is 0.880. The maximum Gasteiger partial charge on any atom is 0.211 e. The quantitative estimate of drug-likeness (QED) is 0.530. The van der Waals surface area contributed by atoms with Gasteiger partial charge in [0.05, 0.1) is 5.69 Å². The summed E-state index contributed by atoms with van der Waals surface area (Å²) >= 11 is 1.73. The highest BCUT2D eigenvalue weighted by Crippen LogP contribution is 2.35. The molecule has 0 saturated carbocycles. The molecular formula is C24H30N2O2S. The van der Waals surface area contributed by atoms with Gasteiger partial charge in [-0.3, -0.25) is 4.79 Å².